The fraction of sp³-hybridized carbons (Fsp3) is 0.200. The molecule has 1 N–H and O–H groups in total. The normalized spacial score (nSPS) is 15.3. The fourth-order valence-electron chi connectivity index (χ4n) is 3.31. The second kappa shape index (κ2) is 9.80. The van der Waals surface area contributed by atoms with Crippen LogP contribution in [0, 0.1) is 0 Å². The number of carboxylic acids is 1. The number of rotatable bonds is 6. The lowest BCUT2D eigenvalue weighted by molar-refractivity contribution is -0.137. The maximum absolute atomic E-state index is 12.6. The van der Waals surface area contributed by atoms with Gasteiger partial charge in [-0.2, -0.15) is 4.58 Å². The minimum atomic E-state index is -1.000. The van der Waals surface area contributed by atoms with Gasteiger partial charge in [0.15, 0.2) is 5.70 Å². The molecule has 1 aliphatic heterocycles. The number of carbonyl (C=O) groups is 2. The highest BCUT2D eigenvalue weighted by Gasteiger charge is 2.17. The van der Waals surface area contributed by atoms with Crippen molar-refractivity contribution < 1.29 is 19.4 Å². The van der Waals surface area contributed by atoms with Crippen LogP contribution in [-0.2, 0) is 9.53 Å². The van der Waals surface area contributed by atoms with Gasteiger partial charge in [-0.15, -0.1) is 0 Å². The highest BCUT2D eigenvalue weighted by molar-refractivity contribution is 6.11. The topological polar surface area (TPSA) is 79.0 Å². The van der Waals surface area contributed by atoms with E-state index in [1.165, 1.54) is 23.6 Å². The smallest absolute Gasteiger partial charge is 0.339 e. The van der Waals surface area contributed by atoms with E-state index in [4.69, 9.17) is 9.84 Å². The summed E-state index contributed by atoms with van der Waals surface area (Å²) < 4.78 is 7.33. The number of allylic oxidation sites excluding steroid dienone is 3. The van der Waals surface area contributed by atoms with E-state index in [0.29, 0.717) is 11.3 Å². The number of nitrogens with zero attached hydrogens (tertiary/aromatic N) is 2. The summed E-state index contributed by atoms with van der Waals surface area (Å²) in [6.07, 6.45) is 6.35. The van der Waals surface area contributed by atoms with Crippen molar-refractivity contribution in [1.29, 1.82) is 0 Å². The highest BCUT2D eigenvalue weighted by atomic mass is 16.5. The van der Waals surface area contributed by atoms with E-state index in [9.17, 15) is 9.59 Å². The van der Waals surface area contributed by atoms with E-state index in [0.717, 1.165) is 23.0 Å². The van der Waals surface area contributed by atoms with Crippen LogP contribution >= 0.6 is 0 Å². The molecule has 1 heterocycles. The van der Waals surface area contributed by atoms with Crippen LogP contribution < -0.4 is 15.2 Å². The lowest BCUT2D eigenvalue weighted by Crippen LogP contribution is -2.40. The molecule has 6 nitrogen and oxygen atoms in total. The van der Waals surface area contributed by atoms with Gasteiger partial charge in [0.05, 0.1) is 29.9 Å². The summed E-state index contributed by atoms with van der Waals surface area (Å²) >= 11 is 0. The Balaban J connectivity index is 1.99. The number of esters is 1. The van der Waals surface area contributed by atoms with Crippen molar-refractivity contribution in [3.63, 3.8) is 0 Å². The minimum Gasteiger partial charge on any atom is -0.478 e. The number of hydrogen-bond acceptors (Lipinski definition) is 4. The van der Waals surface area contributed by atoms with Crippen LogP contribution in [0.1, 0.15) is 30.6 Å². The van der Waals surface area contributed by atoms with E-state index in [1.807, 2.05) is 32.2 Å². The molecule has 0 aromatic heterocycles. The lowest BCUT2D eigenvalue weighted by Gasteiger charge is -2.08. The zero-order chi connectivity index (χ0) is 22.4. The average molecular weight is 417 g/mol. The molecule has 0 aliphatic carbocycles. The number of carbonyl (C=O) groups excluding carboxylic acids is 1. The Morgan fingerprint density at radius 1 is 1.16 bits per heavy atom. The van der Waals surface area contributed by atoms with Gasteiger partial charge in [0, 0.05) is 23.6 Å². The molecule has 0 bridgehead atoms. The van der Waals surface area contributed by atoms with Gasteiger partial charge in [0.2, 0.25) is 5.36 Å². The number of carboxylic acid groups (broad SMARTS) is 1. The molecular weight excluding hydrogens is 392 g/mol. The molecule has 2 aromatic rings. The second-order valence-corrected chi connectivity index (χ2v) is 7.09. The first-order chi connectivity index (χ1) is 14.9. The quantitative estimate of drug-likeness (QED) is 0.339. The van der Waals surface area contributed by atoms with Crippen molar-refractivity contribution in [2.75, 3.05) is 13.7 Å². The van der Waals surface area contributed by atoms with Crippen molar-refractivity contribution >= 4 is 29.9 Å². The maximum atomic E-state index is 12.6. The summed E-state index contributed by atoms with van der Waals surface area (Å²) in [5.41, 5.74) is 2.86. The molecule has 1 aliphatic rings. The second-order valence-electron chi connectivity index (χ2n) is 7.09. The number of para-hydroxylation sites is 1. The van der Waals surface area contributed by atoms with Gasteiger partial charge in [0.1, 0.15) is 7.05 Å². The number of fused-ring (bicyclic) bond motifs is 1. The van der Waals surface area contributed by atoms with Crippen LogP contribution in [0.2, 0.25) is 0 Å². The number of ether oxygens (including phenoxy) is 1. The first-order valence-electron chi connectivity index (χ1n) is 10.0. The van der Waals surface area contributed by atoms with Crippen molar-refractivity contribution in [3.05, 3.63) is 87.6 Å². The van der Waals surface area contributed by atoms with Crippen molar-refractivity contribution in [1.82, 2.24) is 4.58 Å². The third-order valence-corrected chi connectivity index (χ3v) is 5.02. The van der Waals surface area contributed by atoms with Gasteiger partial charge in [-0.1, -0.05) is 18.2 Å². The largest absolute Gasteiger partial charge is 0.478 e. The van der Waals surface area contributed by atoms with Crippen LogP contribution in [-0.4, -0.2) is 36.9 Å². The van der Waals surface area contributed by atoms with Crippen LogP contribution in [0.5, 0.6) is 0 Å². The van der Waals surface area contributed by atoms with Crippen LogP contribution in [0.25, 0.3) is 6.08 Å². The van der Waals surface area contributed by atoms with Gasteiger partial charge < -0.3 is 9.84 Å². The fourth-order valence-corrected chi connectivity index (χ4v) is 3.31. The molecule has 0 amide bonds. The minimum absolute atomic E-state index is 0.179. The first-order valence-corrected chi connectivity index (χ1v) is 10.0. The molecular formula is C25H25N2O4+. The Kier molecular flexibility index (Phi) is 6.92. The molecule has 0 radical (unpaired) electrons. The van der Waals surface area contributed by atoms with Gasteiger partial charge in [-0.3, -0.25) is 4.99 Å². The highest BCUT2D eigenvalue weighted by Crippen LogP contribution is 2.16. The van der Waals surface area contributed by atoms with Crippen molar-refractivity contribution in [3.8, 4) is 0 Å². The predicted molar refractivity (Wildman–Crippen MR) is 121 cm³/mol. The number of aliphatic imine (C=N–C) groups is 1. The molecule has 0 saturated carbocycles. The monoisotopic (exact) mass is 417 g/mol. The Labute approximate surface area is 180 Å². The van der Waals surface area contributed by atoms with Crippen molar-refractivity contribution in [2.45, 2.75) is 20.3 Å². The van der Waals surface area contributed by atoms with Gasteiger partial charge >= 0.3 is 11.9 Å². The summed E-state index contributed by atoms with van der Waals surface area (Å²) in [5.74, 6) is -1.45. The number of aromatic carboxylic acids is 1. The SMILES string of the molecule is CCOC(=O)/C(C=Nc1ccc(C(=O)O)cc1)=C(C)/C=C1\CC=c2ccccc2=[N+]1C. The molecule has 0 atom stereocenters. The Hall–Kier alpha value is -3.80. The molecule has 0 spiro atoms. The zero-order valence-corrected chi connectivity index (χ0v) is 17.8. The Bertz CT molecular complexity index is 1220. The van der Waals surface area contributed by atoms with Crippen molar-refractivity contribution in [2.24, 2.45) is 4.99 Å². The van der Waals surface area contributed by atoms with Crippen LogP contribution in [0.3, 0.4) is 0 Å². The summed E-state index contributed by atoms with van der Waals surface area (Å²) in [6.45, 7) is 3.87. The average Bonchev–Trinajstić information content (AvgIpc) is 2.76. The summed E-state index contributed by atoms with van der Waals surface area (Å²) in [6, 6.07) is 14.3. The van der Waals surface area contributed by atoms with E-state index in [1.54, 1.807) is 19.1 Å². The number of hydrogen-bond donors (Lipinski definition) is 1. The third kappa shape index (κ3) is 5.22. The van der Waals surface area contributed by atoms with E-state index in [2.05, 4.69) is 27.8 Å². The van der Waals surface area contributed by atoms with Gasteiger partial charge in [-0.05, 0) is 49.8 Å². The maximum Gasteiger partial charge on any atom is 0.339 e. The molecule has 31 heavy (non-hydrogen) atoms. The number of benzene rings is 2. The molecule has 3 rings (SSSR count). The van der Waals surface area contributed by atoms with Gasteiger partial charge in [-0.25, -0.2) is 9.59 Å². The molecule has 2 aromatic carbocycles. The third-order valence-electron chi connectivity index (χ3n) is 5.02. The van der Waals surface area contributed by atoms with Crippen LogP contribution in [0.15, 0.2) is 76.4 Å². The summed E-state index contributed by atoms with van der Waals surface area (Å²) in [4.78, 5) is 27.9. The van der Waals surface area contributed by atoms with Crippen LogP contribution in [0.4, 0.5) is 5.69 Å². The van der Waals surface area contributed by atoms with E-state index in [-0.39, 0.29) is 12.2 Å². The van der Waals surface area contributed by atoms with E-state index >= 15 is 0 Å². The Morgan fingerprint density at radius 3 is 2.55 bits per heavy atom. The molecule has 6 heteroatoms. The Morgan fingerprint density at radius 2 is 1.87 bits per heavy atom. The molecule has 0 saturated heterocycles. The summed E-state index contributed by atoms with van der Waals surface area (Å²) in [7, 11) is 2.01. The lowest BCUT2D eigenvalue weighted by atomic mass is 10.1. The molecule has 0 unspecified atom stereocenters. The molecule has 158 valence electrons. The summed E-state index contributed by atoms with van der Waals surface area (Å²) in [5, 5.41) is 11.3. The van der Waals surface area contributed by atoms with E-state index < -0.39 is 11.9 Å². The predicted octanol–water partition coefficient (Wildman–Crippen LogP) is 2.86. The van der Waals surface area contributed by atoms with Gasteiger partial charge in [0.25, 0.3) is 0 Å². The first kappa shape index (κ1) is 21.9. The zero-order valence-electron chi connectivity index (χ0n) is 17.8. The standard InChI is InChI=1S/C25H24N2O4/c1-4-31-25(30)22(16-26-20-12-9-19(10-13-20)24(28)29)17(2)15-21-14-11-18-7-5-6-8-23(18)27(21)3/h5-13,15-16H,4,14H2,1-3H3/p+1/b21-15+,22-17+,26-16?. The molecule has 0 fully saturated rings.